The number of carboxylic acids is 1. The minimum absolute atomic E-state index is 0.0146. The van der Waals surface area contributed by atoms with Crippen LogP contribution < -0.4 is 4.74 Å². The van der Waals surface area contributed by atoms with Crippen molar-refractivity contribution in [2.45, 2.75) is 12.1 Å². The lowest BCUT2D eigenvalue weighted by Crippen LogP contribution is -1.97. The zero-order valence-electron chi connectivity index (χ0n) is 13.4. The molecule has 0 unspecified atom stereocenters. The topological polar surface area (TPSA) is 95.4 Å². The molecule has 1 heterocycles. The van der Waals surface area contributed by atoms with Gasteiger partial charge in [0.25, 0.3) is 0 Å². The van der Waals surface area contributed by atoms with Crippen molar-refractivity contribution in [3.05, 3.63) is 52.9 Å². The quantitative estimate of drug-likeness (QED) is 0.458. The molecule has 0 fully saturated rings. The minimum atomic E-state index is -1.06. The summed E-state index contributed by atoms with van der Waals surface area (Å²) in [5, 5.41) is 19.7. The molecule has 0 aliphatic heterocycles. The molecule has 0 radical (unpaired) electrons. The van der Waals surface area contributed by atoms with Gasteiger partial charge in [0.05, 0.1) is 17.6 Å². The Morgan fingerprint density at radius 3 is 2.84 bits per heavy atom. The molecule has 1 aromatic heterocycles. The Morgan fingerprint density at radius 2 is 2.12 bits per heavy atom. The molecule has 0 amide bonds. The van der Waals surface area contributed by atoms with Gasteiger partial charge in [-0.15, -0.1) is 0 Å². The number of aromatic hydroxyl groups is 1. The molecule has 0 saturated carbocycles. The van der Waals surface area contributed by atoms with Crippen LogP contribution in [0.25, 0.3) is 17.1 Å². The van der Waals surface area contributed by atoms with E-state index in [0.29, 0.717) is 23.1 Å². The molecule has 3 N–H and O–H groups in total. The average Bonchev–Trinajstić information content (AvgIpc) is 2.99. The molecule has 0 aliphatic rings. The van der Waals surface area contributed by atoms with Crippen molar-refractivity contribution in [2.75, 3.05) is 6.61 Å². The number of nitrogens with zero attached hydrogens (tertiary/aromatic N) is 1. The van der Waals surface area contributed by atoms with Gasteiger partial charge in [0.2, 0.25) is 0 Å². The molecule has 128 valence electrons. The first kappa shape index (κ1) is 16.9. The number of benzene rings is 2. The van der Waals surface area contributed by atoms with Crippen LogP contribution in [-0.4, -0.2) is 32.8 Å². The van der Waals surface area contributed by atoms with Crippen LogP contribution in [0.1, 0.15) is 12.5 Å². The lowest BCUT2D eigenvalue weighted by Gasteiger charge is -2.07. The van der Waals surface area contributed by atoms with Gasteiger partial charge < -0.3 is 19.9 Å². The van der Waals surface area contributed by atoms with E-state index in [0.717, 1.165) is 22.8 Å². The zero-order valence-corrected chi connectivity index (χ0v) is 14.2. The van der Waals surface area contributed by atoms with E-state index in [1.54, 1.807) is 12.1 Å². The van der Waals surface area contributed by atoms with Crippen molar-refractivity contribution in [3.8, 4) is 11.5 Å². The van der Waals surface area contributed by atoms with E-state index in [-0.39, 0.29) is 10.7 Å². The van der Waals surface area contributed by atoms with E-state index in [9.17, 15) is 15.0 Å². The molecular weight excluding hydrogens is 340 g/mol. The summed E-state index contributed by atoms with van der Waals surface area (Å²) in [6, 6.07) is 12.2. The van der Waals surface area contributed by atoms with Crippen molar-refractivity contribution < 1.29 is 19.7 Å². The van der Waals surface area contributed by atoms with E-state index < -0.39 is 5.97 Å². The predicted molar refractivity (Wildman–Crippen MR) is 96.8 cm³/mol. The Labute approximate surface area is 148 Å². The summed E-state index contributed by atoms with van der Waals surface area (Å²) in [5.41, 5.74) is 2.23. The summed E-state index contributed by atoms with van der Waals surface area (Å²) in [7, 11) is 0. The third kappa shape index (κ3) is 3.95. The van der Waals surface area contributed by atoms with E-state index in [1.165, 1.54) is 12.1 Å². The molecule has 2 aromatic carbocycles. The Balaban J connectivity index is 1.91. The van der Waals surface area contributed by atoms with E-state index >= 15 is 0 Å². The molecule has 6 nitrogen and oxygen atoms in total. The van der Waals surface area contributed by atoms with E-state index in [4.69, 9.17) is 4.74 Å². The summed E-state index contributed by atoms with van der Waals surface area (Å²) in [6.07, 6.45) is 1.52. The van der Waals surface area contributed by atoms with Crippen molar-refractivity contribution in [3.63, 3.8) is 0 Å². The van der Waals surface area contributed by atoms with Gasteiger partial charge in [-0.05, 0) is 54.6 Å². The van der Waals surface area contributed by atoms with Crippen molar-refractivity contribution in [2.24, 2.45) is 0 Å². The van der Waals surface area contributed by atoms with Gasteiger partial charge in [0, 0.05) is 0 Å². The number of phenolic OH excluding ortho intramolecular Hbond substituents is 1. The van der Waals surface area contributed by atoms with Crippen LogP contribution in [0, 0.1) is 0 Å². The number of para-hydroxylation sites is 2. The second kappa shape index (κ2) is 7.31. The number of hydrogen-bond donors (Lipinski definition) is 3. The summed E-state index contributed by atoms with van der Waals surface area (Å²) < 4.78 is 5.33. The number of rotatable bonds is 6. The highest BCUT2D eigenvalue weighted by Crippen LogP contribution is 2.31. The van der Waals surface area contributed by atoms with Crippen LogP contribution in [0.2, 0.25) is 0 Å². The number of nitrogens with one attached hydrogen (secondary N) is 1. The number of hydrogen-bond acceptors (Lipinski definition) is 5. The van der Waals surface area contributed by atoms with Crippen molar-refractivity contribution >= 4 is 34.8 Å². The third-order valence-electron chi connectivity index (χ3n) is 3.37. The largest absolute Gasteiger partial charge is 0.504 e. The number of phenols is 1. The second-order valence-corrected chi connectivity index (χ2v) is 6.17. The number of H-pyrrole nitrogens is 1. The molecule has 3 rings (SSSR count). The second-order valence-electron chi connectivity index (χ2n) is 5.14. The average molecular weight is 356 g/mol. The van der Waals surface area contributed by atoms with Gasteiger partial charge >= 0.3 is 5.97 Å². The van der Waals surface area contributed by atoms with Crippen molar-refractivity contribution in [1.82, 2.24) is 9.97 Å². The Bertz CT molecular complexity index is 916. The highest BCUT2D eigenvalue weighted by Gasteiger charge is 2.13. The smallest absolute Gasteiger partial charge is 0.342 e. The maximum Gasteiger partial charge on any atom is 0.342 e. The molecule has 25 heavy (non-hydrogen) atoms. The van der Waals surface area contributed by atoms with Gasteiger partial charge in [0.1, 0.15) is 4.91 Å². The molecule has 0 bridgehead atoms. The maximum atomic E-state index is 11.6. The molecule has 0 saturated heterocycles. The van der Waals surface area contributed by atoms with Crippen LogP contribution in [0.5, 0.6) is 11.5 Å². The predicted octanol–water partition coefficient (Wildman–Crippen LogP) is 3.89. The fourth-order valence-electron chi connectivity index (χ4n) is 2.26. The van der Waals surface area contributed by atoms with Gasteiger partial charge in [-0.25, -0.2) is 9.78 Å². The van der Waals surface area contributed by atoms with Crippen LogP contribution in [0.3, 0.4) is 0 Å². The molecular formula is C18H16N2O4S. The highest BCUT2D eigenvalue weighted by molar-refractivity contribution is 8.04. The first-order valence-corrected chi connectivity index (χ1v) is 8.42. The number of carbonyl (C=O) groups is 1. The summed E-state index contributed by atoms with van der Waals surface area (Å²) in [4.78, 5) is 19.2. The zero-order chi connectivity index (χ0) is 17.8. The van der Waals surface area contributed by atoms with Crippen LogP contribution in [0.4, 0.5) is 0 Å². The fourth-order valence-corrected chi connectivity index (χ4v) is 3.06. The summed E-state index contributed by atoms with van der Waals surface area (Å²) in [5.74, 6) is -0.730. The summed E-state index contributed by atoms with van der Waals surface area (Å²) in [6.45, 7) is 2.21. The Hall–Kier alpha value is -2.93. The molecule has 0 atom stereocenters. The fraction of sp³-hybridized carbons (Fsp3) is 0.111. The SMILES string of the molecule is CCOc1cc(/C=C(\Sc2nc3ccccc3[nH]2)C(=O)O)ccc1O. The maximum absolute atomic E-state index is 11.6. The Morgan fingerprint density at radius 1 is 1.32 bits per heavy atom. The lowest BCUT2D eigenvalue weighted by molar-refractivity contribution is -0.131. The normalized spacial score (nSPS) is 11.6. The number of fused-ring (bicyclic) bond motifs is 1. The Kier molecular flexibility index (Phi) is 4.95. The van der Waals surface area contributed by atoms with E-state index in [2.05, 4.69) is 9.97 Å². The molecule has 0 aliphatic carbocycles. The van der Waals surface area contributed by atoms with Crippen LogP contribution >= 0.6 is 11.8 Å². The number of aromatic amines is 1. The minimum Gasteiger partial charge on any atom is -0.504 e. The number of aromatic nitrogens is 2. The van der Waals surface area contributed by atoms with Crippen LogP contribution in [0.15, 0.2) is 52.5 Å². The molecule has 0 spiro atoms. The number of aliphatic carboxylic acids is 1. The van der Waals surface area contributed by atoms with Gasteiger partial charge in [-0.2, -0.15) is 0 Å². The number of ether oxygens (including phenoxy) is 1. The highest BCUT2D eigenvalue weighted by atomic mass is 32.2. The van der Waals surface area contributed by atoms with Gasteiger partial charge in [0.15, 0.2) is 16.7 Å². The first-order chi connectivity index (χ1) is 12.1. The number of imidazole rings is 1. The van der Waals surface area contributed by atoms with Crippen LogP contribution in [-0.2, 0) is 4.79 Å². The molecule has 7 heteroatoms. The lowest BCUT2D eigenvalue weighted by atomic mass is 10.2. The summed E-state index contributed by atoms with van der Waals surface area (Å²) >= 11 is 1.03. The number of carboxylic acid groups (broad SMARTS) is 1. The molecule has 3 aromatic rings. The van der Waals surface area contributed by atoms with E-state index in [1.807, 2.05) is 31.2 Å². The standard InChI is InChI=1S/C18H16N2O4S/c1-2-24-15-9-11(7-8-14(15)21)10-16(17(22)23)25-18-19-12-5-3-4-6-13(12)20-18/h3-10,21H,2H2,1H3,(H,19,20)(H,22,23)/b16-10-. The number of thioether (sulfide) groups is 1. The third-order valence-corrected chi connectivity index (χ3v) is 4.27. The first-order valence-electron chi connectivity index (χ1n) is 7.60. The monoisotopic (exact) mass is 356 g/mol. The van der Waals surface area contributed by atoms with Gasteiger partial charge in [-0.3, -0.25) is 0 Å². The van der Waals surface area contributed by atoms with Gasteiger partial charge in [-0.1, -0.05) is 18.2 Å². The van der Waals surface area contributed by atoms with Crippen molar-refractivity contribution in [1.29, 1.82) is 0 Å².